The molecular formula is C44H79NO7. The fourth-order valence-corrected chi connectivity index (χ4v) is 5.93. The highest BCUT2D eigenvalue weighted by Crippen LogP contribution is 2.19. The molecule has 0 aromatic heterocycles. The highest BCUT2D eigenvalue weighted by atomic mass is 16.7. The molecule has 1 atom stereocenters. The third kappa shape index (κ3) is 33.2. The number of hydrogen-bond acceptors (Lipinski definition) is 8. The standard InChI is InChI=1S/C44H79NO7/c1-8-11-14-16-17-18-19-20-21-22-23-24-25-27-29-32-41(46)49-34-40(36-51-43(48)52-38-44(4,5)37-45(6)7)35-50-42(47)33-39(30-13-10-3)31-28-26-15-12-9-2/h17-18,20-21,33,40H,8-16,19,22-32,34-38H2,1-7H3/b18-17-,21-20-,39-33+. The molecule has 0 N–H and O–H groups in total. The lowest BCUT2D eigenvalue weighted by molar-refractivity contribution is -0.148. The van der Waals surface area contributed by atoms with E-state index in [4.69, 9.17) is 18.9 Å². The SMILES string of the molecule is CCCCC/C=C\C/C=C\CCCCCCCC(=O)OCC(COC(=O)/C=C(\CCCC)CCCCCCC)COC(=O)OCC(C)(C)CN(C)C. The lowest BCUT2D eigenvalue weighted by atomic mass is 9.94. The summed E-state index contributed by atoms with van der Waals surface area (Å²) >= 11 is 0. The number of carbonyl (C=O) groups is 3. The summed E-state index contributed by atoms with van der Waals surface area (Å²) in [6.45, 7) is 11.5. The minimum atomic E-state index is -0.788. The first-order valence-corrected chi connectivity index (χ1v) is 20.8. The minimum absolute atomic E-state index is 0.00435. The van der Waals surface area contributed by atoms with Gasteiger partial charge in [-0.25, -0.2) is 9.59 Å². The second kappa shape index (κ2) is 34.2. The van der Waals surface area contributed by atoms with E-state index in [1.54, 1.807) is 6.08 Å². The van der Waals surface area contributed by atoms with Gasteiger partial charge in [-0.15, -0.1) is 0 Å². The fraction of sp³-hybridized carbons (Fsp3) is 0.795. The lowest BCUT2D eigenvalue weighted by Gasteiger charge is -2.27. The van der Waals surface area contributed by atoms with Gasteiger partial charge in [0.05, 0.1) is 5.92 Å². The zero-order valence-corrected chi connectivity index (χ0v) is 34.7. The van der Waals surface area contributed by atoms with Gasteiger partial charge in [-0.2, -0.15) is 0 Å². The zero-order chi connectivity index (χ0) is 38.7. The molecule has 0 amide bonds. The molecular weight excluding hydrogens is 654 g/mol. The van der Waals surface area contributed by atoms with Crippen molar-refractivity contribution in [2.75, 3.05) is 47.1 Å². The third-order valence-electron chi connectivity index (χ3n) is 8.81. The van der Waals surface area contributed by atoms with E-state index in [-0.39, 0.29) is 37.8 Å². The summed E-state index contributed by atoms with van der Waals surface area (Å²) in [5.41, 5.74) is 0.871. The Balaban J connectivity index is 4.81. The summed E-state index contributed by atoms with van der Waals surface area (Å²) in [6, 6.07) is 0. The highest BCUT2D eigenvalue weighted by molar-refractivity contribution is 5.82. The maximum atomic E-state index is 12.9. The summed E-state index contributed by atoms with van der Waals surface area (Å²) < 4.78 is 22.0. The Morgan fingerprint density at radius 1 is 0.596 bits per heavy atom. The second-order valence-electron chi connectivity index (χ2n) is 15.5. The molecule has 8 nitrogen and oxygen atoms in total. The second-order valence-corrected chi connectivity index (χ2v) is 15.5. The van der Waals surface area contributed by atoms with E-state index in [1.165, 1.54) is 44.9 Å². The van der Waals surface area contributed by atoms with Gasteiger partial charge in [-0.1, -0.05) is 129 Å². The van der Waals surface area contributed by atoms with Crippen molar-refractivity contribution in [2.45, 2.75) is 169 Å². The first-order valence-electron chi connectivity index (χ1n) is 20.8. The Hall–Kier alpha value is -2.61. The largest absolute Gasteiger partial charge is 0.508 e. The average molecular weight is 734 g/mol. The predicted octanol–water partition coefficient (Wildman–Crippen LogP) is 11.7. The van der Waals surface area contributed by atoms with Crippen LogP contribution in [-0.2, 0) is 28.5 Å². The molecule has 0 spiro atoms. The Bertz CT molecular complexity index is 985. The summed E-state index contributed by atoms with van der Waals surface area (Å²) in [6.07, 6.45) is 32.3. The number of ether oxygens (including phenoxy) is 4. The van der Waals surface area contributed by atoms with Gasteiger partial charge in [0.25, 0.3) is 0 Å². The number of nitrogens with zero attached hydrogens (tertiary/aromatic N) is 1. The molecule has 0 fully saturated rings. The molecule has 0 aromatic rings. The summed E-state index contributed by atoms with van der Waals surface area (Å²) in [5, 5.41) is 0. The fourth-order valence-electron chi connectivity index (χ4n) is 5.93. The van der Waals surface area contributed by atoms with Crippen molar-refractivity contribution >= 4 is 18.1 Å². The smallest absolute Gasteiger partial charge is 0.465 e. The molecule has 1 unspecified atom stereocenters. The van der Waals surface area contributed by atoms with Crippen molar-refractivity contribution < 1.29 is 33.3 Å². The molecule has 0 bridgehead atoms. The van der Waals surface area contributed by atoms with Gasteiger partial charge in [-0.3, -0.25) is 4.79 Å². The van der Waals surface area contributed by atoms with Gasteiger partial charge >= 0.3 is 18.1 Å². The number of allylic oxidation sites excluding steroid dienone is 5. The maximum absolute atomic E-state index is 12.9. The highest BCUT2D eigenvalue weighted by Gasteiger charge is 2.23. The molecule has 0 saturated heterocycles. The van der Waals surface area contributed by atoms with Gasteiger partial charge in [-0.05, 0) is 78.3 Å². The molecule has 0 rings (SSSR count). The first kappa shape index (κ1) is 49.4. The van der Waals surface area contributed by atoms with Crippen LogP contribution in [-0.4, -0.2) is 70.1 Å². The van der Waals surface area contributed by atoms with Crippen LogP contribution in [0.2, 0.25) is 0 Å². The van der Waals surface area contributed by atoms with Crippen LogP contribution in [0, 0.1) is 11.3 Å². The van der Waals surface area contributed by atoms with Crippen molar-refractivity contribution in [1.82, 2.24) is 4.90 Å². The molecule has 0 aliphatic heterocycles. The third-order valence-corrected chi connectivity index (χ3v) is 8.81. The van der Waals surface area contributed by atoms with Crippen LogP contribution in [0.15, 0.2) is 36.0 Å². The molecule has 0 heterocycles. The van der Waals surface area contributed by atoms with Gasteiger partial charge in [0.1, 0.15) is 26.4 Å². The van der Waals surface area contributed by atoms with Crippen molar-refractivity contribution in [1.29, 1.82) is 0 Å². The van der Waals surface area contributed by atoms with E-state index in [0.29, 0.717) is 6.42 Å². The zero-order valence-electron chi connectivity index (χ0n) is 34.7. The Morgan fingerprint density at radius 3 is 1.77 bits per heavy atom. The average Bonchev–Trinajstić information content (AvgIpc) is 3.10. The number of unbranched alkanes of at least 4 members (excludes halogenated alkanes) is 13. The van der Waals surface area contributed by atoms with Crippen LogP contribution in [0.1, 0.15) is 169 Å². The molecule has 0 saturated carbocycles. The van der Waals surface area contributed by atoms with Crippen molar-refractivity contribution in [3.63, 3.8) is 0 Å². The van der Waals surface area contributed by atoms with E-state index in [0.717, 1.165) is 95.6 Å². The van der Waals surface area contributed by atoms with E-state index in [1.807, 2.05) is 32.8 Å². The van der Waals surface area contributed by atoms with Crippen LogP contribution in [0.5, 0.6) is 0 Å². The molecule has 8 heteroatoms. The number of rotatable bonds is 34. The molecule has 0 aliphatic carbocycles. The normalized spacial score (nSPS) is 12.9. The predicted molar refractivity (Wildman–Crippen MR) is 215 cm³/mol. The first-order chi connectivity index (χ1) is 25.0. The molecule has 0 radical (unpaired) electrons. The topological polar surface area (TPSA) is 91.4 Å². The van der Waals surface area contributed by atoms with Crippen LogP contribution in [0.4, 0.5) is 4.79 Å². The van der Waals surface area contributed by atoms with Crippen LogP contribution < -0.4 is 0 Å². The lowest BCUT2D eigenvalue weighted by Crippen LogP contribution is -2.34. The van der Waals surface area contributed by atoms with Crippen LogP contribution in [0.25, 0.3) is 0 Å². The van der Waals surface area contributed by atoms with E-state index in [2.05, 4.69) is 45.1 Å². The van der Waals surface area contributed by atoms with Crippen LogP contribution >= 0.6 is 0 Å². The van der Waals surface area contributed by atoms with Gasteiger partial charge < -0.3 is 23.8 Å². The van der Waals surface area contributed by atoms with Crippen molar-refractivity contribution in [3.8, 4) is 0 Å². The quantitative estimate of drug-likeness (QED) is 0.0212. The Kier molecular flexibility index (Phi) is 32.5. The summed E-state index contributed by atoms with van der Waals surface area (Å²) in [7, 11) is 3.94. The van der Waals surface area contributed by atoms with Crippen LogP contribution in [0.3, 0.4) is 0 Å². The van der Waals surface area contributed by atoms with Crippen molar-refractivity contribution in [2.24, 2.45) is 11.3 Å². The summed E-state index contributed by atoms with van der Waals surface area (Å²) in [5.74, 6) is -1.20. The van der Waals surface area contributed by atoms with Gasteiger partial charge in [0.2, 0.25) is 0 Å². The van der Waals surface area contributed by atoms with Gasteiger partial charge in [0.15, 0.2) is 0 Å². The number of carbonyl (C=O) groups excluding carboxylic acids is 3. The molecule has 0 aliphatic rings. The minimum Gasteiger partial charge on any atom is -0.465 e. The Morgan fingerprint density at radius 2 is 1.12 bits per heavy atom. The summed E-state index contributed by atoms with van der Waals surface area (Å²) in [4.78, 5) is 39.9. The number of esters is 2. The number of hydrogen-bond donors (Lipinski definition) is 0. The molecule has 0 aromatic carbocycles. The van der Waals surface area contributed by atoms with E-state index >= 15 is 0 Å². The van der Waals surface area contributed by atoms with E-state index in [9.17, 15) is 14.4 Å². The Labute approximate surface area is 319 Å². The molecule has 52 heavy (non-hydrogen) atoms. The van der Waals surface area contributed by atoms with Crippen molar-refractivity contribution in [3.05, 3.63) is 36.0 Å². The maximum Gasteiger partial charge on any atom is 0.508 e. The molecule has 302 valence electrons. The monoisotopic (exact) mass is 734 g/mol. The van der Waals surface area contributed by atoms with E-state index < -0.39 is 18.0 Å². The van der Waals surface area contributed by atoms with Gasteiger partial charge in [0, 0.05) is 24.5 Å².